The van der Waals surface area contributed by atoms with Gasteiger partial charge in [0.2, 0.25) is 0 Å². The topological polar surface area (TPSA) is 90.6 Å². The van der Waals surface area contributed by atoms with Crippen LogP contribution in [-0.2, 0) is 19.1 Å². The highest BCUT2D eigenvalue weighted by molar-refractivity contribution is 8.76. The summed E-state index contributed by atoms with van der Waals surface area (Å²) in [5.41, 5.74) is 7.42. The van der Waals surface area contributed by atoms with Crippen molar-refractivity contribution in [3.05, 3.63) is 48.5 Å². The molecule has 0 saturated heterocycles. The molecule has 162 valence electrons. The lowest BCUT2D eigenvalue weighted by Gasteiger charge is -2.08. The molecule has 0 aliphatic carbocycles. The molecular weight excluding hydrogens is 420 g/mol. The van der Waals surface area contributed by atoms with E-state index in [0.29, 0.717) is 45.4 Å². The first kappa shape index (κ1) is 24.0. The number of carbonyl (C=O) groups is 2. The van der Waals surface area contributed by atoms with Crippen LogP contribution in [0.3, 0.4) is 0 Å². The molecule has 8 heteroatoms. The Hall–Kier alpha value is -2.32. The van der Waals surface area contributed by atoms with Crippen molar-refractivity contribution in [2.75, 3.05) is 30.8 Å². The predicted octanol–water partition coefficient (Wildman–Crippen LogP) is 5.15. The average molecular weight is 449 g/mol. The van der Waals surface area contributed by atoms with Gasteiger partial charge in [0.25, 0.3) is 0 Å². The highest BCUT2D eigenvalue weighted by Gasteiger charge is 2.04. The molecule has 0 spiro atoms. The summed E-state index contributed by atoms with van der Waals surface area (Å²) in [6.45, 7) is 2.99. The maximum absolute atomic E-state index is 11.8. The van der Waals surface area contributed by atoms with Crippen molar-refractivity contribution in [2.24, 2.45) is 0 Å². The minimum absolute atomic E-state index is 0.203. The summed E-state index contributed by atoms with van der Waals surface area (Å²) < 4.78 is 10.1. The fourth-order valence-electron chi connectivity index (χ4n) is 2.31. The Morgan fingerprint density at radius 3 is 1.97 bits per heavy atom. The van der Waals surface area contributed by atoms with Gasteiger partial charge in [-0.3, -0.25) is 9.59 Å². The number of unbranched alkanes of at least 4 members (excludes halogenated alkanes) is 1. The zero-order chi connectivity index (χ0) is 21.6. The quantitative estimate of drug-likeness (QED) is 0.188. The summed E-state index contributed by atoms with van der Waals surface area (Å²) in [6.07, 6.45) is 2.06. The van der Waals surface area contributed by atoms with Crippen molar-refractivity contribution < 1.29 is 19.1 Å². The maximum atomic E-state index is 11.8. The Kier molecular flexibility index (Phi) is 11.0. The molecular formula is C22H28N2O4S2. The molecule has 0 aliphatic heterocycles. The van der Waals surface area contributed by atoms with Crippen LogP contribution in [0.2, 0.25) is 0 Å². The van der Waals surface area contributed by atoms with E-state index in [1.807, 2.05) is 48.5 Å². The van der Waals surface area contributed by atoms with E-state index >= 15 is 0 Å². The summed E-state index contributed by atoms with van der Waals surface area (Å²) in [5, 5.41) is 3.22. The number of rotatable bonds is 13. The standard InChI is InChI=1S/C22H28N2O4S2/c1-2-21(25)27-15-3-4-16-28-22(26)13-14-24-18-7-11-20(12-8-18)30-29-19-9-5-17(23)6-10-19/h5-12,24H,2-4,13-16,23H2,1H3. The van der Waals surface area contributed by atoms with E-state index in [4.69, 9.17) is 15.2 Å². The van der Waals surface area contributed by atoms with Crippen LogP contribution in [0.1, 0.15) is 32.6 Å². The van der Waals surface area contributed by atoms with Crippen LogP contribution in [0.5, 0.6) is 0 Å². The van der Waals surface area contributed by atoms with Crippen molar-refractivity contribution in [3.63, 3.8) is 0 Å². The molecule has 0 unspecified atom stereocenters. The average Bonchev–Trinajstić information content (AvgIpc) is 2.76. The first-order chi connectivity index (χ1) is 14.6. The van der Waals surface area contributed by atoms with Crippen LogP contribution in [0.25, 0.3) is 0 Å². The molecule has 0 saturated carbocycles. The Morgan fingerprint density at radius 1 is 0.867 bits per heavy atom. The van der Waals surface area contributed by atoms with Crippen LogP contribution < -0.4 is 11.1 Å². The summed E-state index contributed by atoms with van der Waals surface area (Å²) in [7, 11) is 3.36. The van der Waals surface area contributed by atoms with E-state index in [9.17, 15) is 9.59 Å². The minimum Gasteiger partial charge on any atom is -0.466 e. The van der Waals surface area contributed by atoms with Crippen molar-refractivity contribution in [1.29, 1.82) is 0 Å². The number of hydrogen-bond donors (Lipinski definition) is 2. The molecule has 0 atom stereocenters. The molecule has 0 heterocycles. The van der Waals surface area contributed by atoms with Gasteiger partial charge in [-0.1, -0.05) is 28.5 Å². The van der Waals surface area contributed by atoms with E-state index in [1.54, 1.807) is 28.5 Å². The Morgan fingerprint density at radius 2 is 1.40 bits per heavy atom. The van der Waals surface area contributed by atoms with Gasteiger partial charge in [-0.25, -0.2) is 0 Å². The lowest BCUT2D eigenvalue weighted by Crippen LogP contribution is -2.12. The number of nitrogen functional groups attached to an aromatic ring is 1. The zero-order valence-corrected chi connectivity index (χ0v) is 18.7. The lowest BCUT2D eigenvalue weighted by atomic mass is 10.3. The van der Waals surface area contributed by atoms with Crippen LogP contribution in [-0.4, -0.2) is 31.7 Å². The van der Waals surface area contributed by atoms with E-state index in [1.165, 1.54) is 0 Å². The highest BCUT2D eigenvalue weighted by Crippen LogP contribution is 2.37. The summed E-state index contributed by atoms with van der Waals surface area (Å²) in [4.78, 5) is 25.0. The monoisotopic (exact) mass is 448 g/mol. The van der Waals surface area contributed by atoms with Gasteiger partial charge < -0.3 is 20.5 Å². The van der Waals surface area contributed by atoms with Gasteiger partial charge in [0, 0.05) is 34.1 Å². The summed E-state index contributed by atoms with van der Waals surface area (Å²) >= 11 is 0. The predicted molar refractivity (Wildman–Crippen MR) is 124 cm³/mol. The van der Waals surface area contributed by atoms with Gasteiger partial charge >= 0.3 is 11.9 Å². The van der Waals surface area contributed by atoms with Gasteiger partial charge in [0.1, 0.15) is 0 Å². The molecule has 6 nitrogen and oxygen atoms in total. The van der Waals surface area contributed by atoms with Gasteiger partial charge in [0.15, 0.2) is 0 Å². The molecule has 0 aromatic heterocycles. The number of ether oxygens (including phenoxy) is 2. The maximum Gasteiger partial charge on any atom is 0.307 e. The van der Waals surface area contributed by atoms with Crippen LogP contribution in [0.15, 0.2) is 58.3 Å². The van der Waals surface area contributed by atoms with Gasteiger partial charge in [-0.15, -0.1) is 0 Å². The number of benzene rings is 2. The second kappa shape index (κ2) is 13.8. The Balaban J connectivity index is 1.55. The molecule has 0 radical (unpaired) electrons. The number of nitrogens with one attached hydrogen (secondary N) is 1. The SMILES string of the molecule is CCC(=O)OCCCCOC(=O)CCNc1ccc(SSc2ccc(N)cc2)cc1. The molecule has 2 rings (SSSR count). The minimum atomic E-state index is -0.236. The molecule has 2 aromatic rings. The number of hydrogen-bond acceptors (Lipinski definition) is 8. The fraction of sp³-hybridized carbons (Fsp3) is 0.364. The normalized spacial score (nSPS) is 10.4. The van der Waals surface area contributed by atoms with Gasteiger partial charge in [-0.05, 0) is 61.4 Å². The van der Waals surface area contributed by atoms with E-state index in [-0.39, 0.29) is 11.9 Å². The Labute approximate surface area is 185 Å². The van der Waals surface area contributed by atoms with Gasteiger partial charge in [-0.2, -0.15) is 0 Å². The first-order valence-electron chi connectivity index (χ1n) is 9.92. The van der Waals surface area contributed by atoms with E-state index in [0.717, 1.165) is 21.2 Å². The highest BCUT2D eigenvalue weighted by atomic mass is 33.1. The molecule has 0 amide bonds. The second-order valence-electron chi connectivity index (χ2n) is 6.44. The third-order valence-corrected chi connectivity index (χ3v) is 6.40. The zero-order valence-electron chi connectivity index (χ0n) is 17.1. The Bertz CT molecular complexity index is 783. The number of nitrogens with two attached hydrogens (primary N) is 1. The second-order valence-corrected chi connectivity index (χ2v) is 8.71. The molecule has 0 bridgehead atoms. The molecule has 30 heavy (non-hydrogen) atoms. The van der Waals surface area contributed by atoms with Crippen molar-refractivity contribution in [1.82, 2.24) is 0 Å². The molecule has 0 fully saturated rings. The van der Waals surface area contributed by atoms with Crippen molar-refractivity contribution in [2.45, 2.75) is 42.4 Å². The van der Waals surface area contributed by atoms with Crippen molar-refractivity contribution in [3.8, 4) is 0 Å². The third kappa shape index (κ3) is 9.93. The first-order valence-corrected chi connectivity index (χ1v) is 12.1. The van der Waals surface area contributed by atoms with Crippen molar-refractivity contribution >= 4 is 44.9 Å². The summed E-state index contributed by atoms with van der Waals surface area (Å²) in [6, 6.07) is 15.9. The van der Waals surface area contributed by atoms with E-state index in [2.05, 4.69) is 5.32 Å². The van der Waals surface area contributed by atoms with Crippen LogP contribution >= 0.6 is 21.6 Å². The third-order valence-electron chi connectivity index (χ3n) is 3.98. The molecule has 3 N–H and O–H groups in total. The van der Waals surface area contributed by atoms with Gasteiger partial charge in [0.05, 0.1) is 19.6 Å². The number of esters is 2. The largest absolute Gasteiger partial charge is 0.466 e. The fourth-order valence-corrected chi connectivity index (χ4v) is 4.24. The molecule has 2 aromatic carbocycles. The molecule has 0 aliphatic rings. The van der Waals surface area contributed by atoms with Crippen LogP contribution in [0.4, 0.5) is 11.4 Å². The summed E-state index contributed by atoms with van der Waals surface area (Å²) in [5.74, 6) is -0.439. The number of anilines is 2. The van der Waals surface area contributed by atoms with E-state index < -0.39 is 0 Å². The van der Waals surface area contributed by atoms with Crippen LogP contribution in [0, 0.1) is 0 Å². The smallest absolute Gasteiger partial charge is 0.307 e. The number of carbonyl (C=O) groups excluding carboxylic acids is 2. The lowest BCUT2D eigenvalue weighted by molar-refractivity contribution is -0.145.